The van der Waals surface area contributed by atoms with E-state index in [2.05, 4.69) is 4.98 Å². The molecule has 0 spiro atoms. The molecular formula is C14H13FN2OS. The Kier molecular flexibility index (Phi) is 4.06. The molecule has 5 heteroatoms. The number of rotatable bonds is 4. The lowest BCUT2D eigenvalue weighted by atomic mass is 10.1. The zero-order valence-corrected chi connectivity index (χ0v) is 11.2. The van der Waals surface area contributed by atoms with Crippen LogP contribution < -0.4 is 10.5 Å². The lowest BCUT2D eigenvalue weighted by Crippen LogP contribution is -2.09. The van der Waals surface area contributed by atoms with E-state index in [1.54, 1.807) is 12.3 Å². The van der Waals surface area contributed by atoms with Crippen molar-refractivity contribution in [3.63, 3.8) is 0 Å². The standard InChI is InChI=1S/C14H13FN2OS/c1-9-2-3-11(14(16)19)5-13(9)18-8-10-4-12(15)7-17-6-10/h2-7H,8H2,1H3,(H2,16,19). The highest BCUT2D eigenvalue weighted by atomic mass is 32.1. The van der Waals surface area contributed by atoms with Crippen LogP contribution in [-0.4, -0.2) is 9.97 Å². The van der Waals surface area contributed by atoms with Crippen molar-refractivity contribution in [3.05, 3.63) is 59.2 Å². The van der Waals surface area contributed by atoms with Gasteiger partial charge >= 0.3 is 0 Å². The van der Waals surface area contributed by atoms with Crippen molar-refractivity contribution in [1.29, 1.82) is 0 Å². The van der Waals surface area contributed by atoms with Crippen molar-refractivity contribution < 1.29 is 9.13 Å². The number of hydrogen-bond donors (Lipinski definition) is 1. The van der Waals surface area contributed by atoms with Crippen LogP contribution in [0.5, 0.6) is 5.75 Å². The molecule has 0 atom stereocenters. The zero-order chi connectivity index (χ0) is 13.8. The molecule has 0 saturated carbocycles. The molecule has 0 aliphatic heterocycles. The molecular weight excluding hydrogens is 263 g/mol. The normalized spacial score (nSPS) is 10.2. The molecule has 0 aliphatic rings. The summed E-state index contributed by atoms with van der Waals surface area (Å²) in [5.74, 6) is 0.296. The Morgan fingerprint density at radius 2 is 2.16 bits per heavy atom. The molecule has 0 amide bonds. The van der Waals surface area contributed by atoms with Crippen LogP contribution in [-0.2, 0) is 6.61 Å². The smallest absolute Gasteiger partial charge is 0.141 e. The molecule has 0 aliphatic carbocycles. The lowest BCUT2D eigenvalue weighted by Gasteiger charge is -2.10. The van der Waals surface area contributed by atoms with E-state index in [1.807, 2.05) is 19.1 Å². The van der Waals surface area contributed by atoms with Crippen LogP contribution in [0.4, 0.5) is 4.39 Å². The quantitative estimate of drug-likeness (QED) is 0.872. The number of halogens is 1. The summed E-state index contributed by atoms with van der Waals surface area (Å²) in [5, 5.41) is 0. The van der Waals surface area contributed by atoms with Crippen LogP contribution in [0.2, 0.25) is 0 Å². The van der Waals surface area contributed by atoms with Crippen molar-refractivity contribution >= 4 is 17.2 Å². The van der Waals surface area contributed by atoms with E-state index in [0.717, 1.165) is 17.3 Å². The molecule has 0 saturated heterocycles. The van der Waals surface area contributed by atoms with Gasteiger partial charge in [0.2, 0.25) is 0 Å². The summed E-state index contributed by atoms with van der Waals surface area (Å²) in [7, 11) is 0. The van der Waals surface area contributed by atoms with Crippen LogP contribution in [0.25, 0.3) is 0 Å². The van der Waals surface area contributed by atoms with Crippen LogP contribution in [0, 0.1) is 12.7 Å². The van der Waals surface area contributed by atoms with Crippen molar-refractivity contribution in [1.82, 2.24) is 4.98 Å². The van der Waals surface area contributed by atoms with Gasteiger partial charge in [-0.1, -0.05) is 24.4 Å². The Morgan fingerprint density at radius 3 is 2.84 bits per heavy atom. The minimum absolute atomic E-state index is 0.242. The number of nitrogens with zero attached hydrogens (tertiary/aromatic N) is 1. The van der Waals surface area contributed by atoms with Gasteiger partial charge < -0.3 is 10.5 Å². The molecule has 2 rings (SSSR count). The summed E-state index contributed by atoms with van der Waals surface area (Å²) >= 11 is 4.92. The van der Waals surface area contributed by atoms with Gasteiger partial charge in [0.15, 0.2) is 0 Å². The first-order chi connectivity index (χ1) is 9.06. The highest BCUT2D eigenvalue weighted by molar-refractivity contribution is 7.80. The SMILES string of the molecule is Cc1ccc(C(N)=S)cc1OCc1cncc(F)c1. The third kappa shape index (κ3) is 3.48. The Bertz CT molecular complexity index is 616. The summed E-state index contributed by atoms with van der Waals surface area (Å²) in [6, 6.07) is 6.89. The zero-order valence-electron chi connectivity index (χ0n) is 10.4. The van der Waals surface area contributed by atoms with Crippen LogP contribution in [0.3, 0.4) is 0 Å². The Labute approximate surface area is 116 Å². The third-order valence-corrected chi connectivity index (χ3v) is 2.86. The second-order valence-corrected chi connectivity index (χ2v) is 4.58. The molecule has 98 valence electrons. The largest absolute Gasteiger partial charge is 0.489 e. The van der Waals surface area contributed by atoms with Gasteiger partial charge in [0.1, 0.15) is 23.2 Å². The second kappa shape index (κ2) is 5.75. The van der Waals surface area contributed by atoms with E-state index in [1.165, 1.54) is 6.07 Å². The summed E-state index contributed by atoms with van der Waals surface area (Å²) in [4.78, 5) is 4.09. The van der Waals surface area contributed by atoms with Gasteiger partial charge in [-0.25, -0.2) is 4.39 Å². The van der Waals surface area contributed by atoms with E-state index in [0.29, 0.717) is 16.3 Å². The molecule has 0 unspecified atom stereocenters. The number of hydrogen-bond acceptors (Lipinski definition) is 3. The Balaban J connectivity index is 2.15. The first-order valence-electron chi connectivity index (χ1n) is 5.69. The van der Waals surface area contributed by atoms with Gasteiger partial charge in [-0.05, 0) is 24.6 Å². The maximum absolute atomic E-state index is 13.0. The molecule has 1 aromatic carbocycles. The van der Waals surface area contributed by atoms with Crippen molar-refractivity contribution in [2.75, 3.05) is 0 Å². The van der Waals surface area contributed by atoms with Gasteiger partial charge in [0, 0.05) is 17.3 Å². The van der Waals surface area contributed by atoms with Crippen molar-refractivity contribution in [3.8, 4) is 5.75 Å². The summed E-state index contributed by atoms with van der Waals surface area (Å²) in [5.41, 5.74) is 7.95. The van der Waals surface area contributed by atoms with Crippen LogP contribution in [0.15, 0.2) is 36.7 Å². The van der Waals surface area contributed by atoms with Gasteiger partial charge in [0.05, 0.1) is 6.20 Å². The van der Waals surface area contributed by atoms with Gasteiger partial charge in [-0.15, -0.1) is 0 Å². The summed E-state index contributed by atoms with van der Waals surface area (Å²) in [6.07, 6.45) is 2.72. The number of aromatic nitrogens is 1. The molecule has 3 nitrogen and oxygen atoms in total. The molecule has 0 bridgehead atoms. The Hall–Kier alpha value is -2.01. The van der Waals surface area contributed by atoms with Crippen molar-refractivity contribution in [2.45, 2.75) is 13.5 Å². The monoisotopic (exact) mass is 276 g/mol. The fourth-order valence-corrected chi connectivity index (χ4v) is 1.73. The highest BCUT2D eigenvalue weighted by Gasteiger charge is 2.05. The number of thiocarbonyl (C=S) groups is 1. The van der Waals surface area contributed by atoms with Crippen LogP contribution >= 0.6 is 12.2 Å². The van der Waals surface area contributed by atoms with Crippen molar-refractivity contribution in [2.24, 2.45) is 5.73 Å². The Morgan fingerprint density at radius 1 is 1.37 bits per heavy atom. The number of nitrogens with two attached hydrogens (primary N) is 1. The maximum Gasteiger partial charge on any atom is 0.141 e. The number of pyridine rings is 1. The first kappa shape index (κ1) is 13.4. The maximum atomic E-state index is 13.0. The fraction of sp³-hybridized carbons (Fsp3) is 0.143. The summed E-state index contributed by atoms with van der Waals surface area (Å²) < 4.78 is 18.6. The summed E-state index contributed by atoms with van der Waals surface area (Å²) in [6.45, 7) is 2.16. The molecule has 2 N–H and O–H groups in total. The van der Waals surface area contributed by atoms with Gasteiger partial charge in [-0.3, -0.25) is 4.98 Å². The molecule has 0 fully saturated rings. The second-order valence-electron chi connectivity index (χ2n) is 4.14. The average Bonchev–Trinajstić information content (AvgIpc) is 2.37. The average molecular weight is 276 g/mol. The number of ether oxygens (including phenoxy) is 1. The predicted octanol–water partition coefficient (Wildman–Crippen LogP) is 2.74. The predicted molar refractivity (Wildman–Crippen MR) is 75.6 cm³/mol. The van der Waals surface area contributed by atoms with E-state index >= 15 is 0 Å². The molecule has 19 heavy (non-hydrogen) atoms. The molecule has 2 aromatic rings. The number of aryl methyl sites for hydroxylation is 1. The van der Waals surface area contributed by atoms with Crippen LogP contribution in [0.1, 0.15) is 16.7 Å². The van der Waals surface area contributed by atoms with Gasteiger partial charge in [0.25, 0.3) is 0 Å². The first-order valence-corrected chi connectivity index (χ1v) is 6.10. The minimum atomic E-state index is -0.380. The third-order valence-electron chi connectivity index (χ3n) is 2.63. The van der Waals surface area contributed by atoms with E-state index in [9.17, 15) is 4.39 Å². The lowest BCUT2D eigenvalue weighted by molar-refractivity contribution is 0.303. The molecule has 0 radical (unpaired) electrons. The number of benzene rings is 1. The minimum Gasteiger partial charge on any atom is -0.489 e. The van der Waals surface area contributed by atoms with E-state index in [4.69, 9.17) is 22.7 Å². The molecule has 1 aromatic heterocycles. The fourth-order valence-electron chi connectivity index (χ4n) is 1.60. The van der Waals surface area contributed by atoms with E-state index in [-0.39, 0.29) is 12.4 Å². The van der Waals surface area contributed by atoms with E-state index < -0.39 is 0 Å². The highest BCUT2D eigenvalue weighted by Crippen LogP contribution is 2.20. The topological polar surface area (TPSA) is 48.1 Å². The molecule has 1 heterocycles. The van der Waals surface area contributed by atoms with Gasteiger partial charge in [-0.2, -0.15) is 0 Å².